The van der Waals surface area contributed by atoms with Crippen LogP contribution in [0.25, 0.3) is 0 Å². The van der Waals surface area contributed by atoms with Crippen LogP contribution >= 0.6 is 0 Å². The number of carbonyl (C=O) groups excluding carboxylic acids is 2. The first kappa shape index (κ1) is 17.7. The maximum absolute atomic E-state index is 13.0. The number of hydrogen-bond acceptors (Lipinski definition) is 3. The Morgan fingerprint density at radius 2 is 1.54 bits per heavy atom. The van der Waals surface area contributed by atoms with E-state index in [-0.39, 0.29) is 23.8 Å². The molecule has 0 spiro atoms. The number of amides is 2. The molecule has 3 unspecified atom stereocenters. The molecule has 2 aliphatic heterocycles. The average Bonchev–Trinajstić information content (AvgIpc) is 3.38. The van der Waals surface area contributed by atoms with Gasteiger partial charge in [0.15, 0.2) is 0 Å². The Bertz CT molecular complexity index is 459. The Hall–Kier alpha value is -1.10. The number of carbonyl (C=O) groups is 2. The van der Waals surface area contributed by atoms with Crippen LogP contribution in [0.4, 0.5) is 0 Å². The van der Waals surface area contributed by atoms with Gasteiger partial charge in [0.25, 0.3) is 0 Å². The van der Waals surface area contributed by atoms with Gasteiger partial charge in [-0.2, -0.15) is 0 Å². The number of rotatable bonds is 4. The first-order valence-electron chi connectivity index (χ1n) is 9.84. The first-order chi connectivity index (χ1) is 11.5. The van der Waals surface area contributed by atoms with Gasteiger partial charge in [-0.3, -0.25) is 14.5 Å². The Balaban J connectivity index is 1.51. The number of piperidine rings is 2. The van der Waals surface area contributed by atoms with Crippen molar-refractivity contribution in [3.8, 4) is 0 Å². The molecule has 1 aliphatic carbocycles. The van der Waals surface area contributed by atoms with E-state index in [0.717, 1.165) is 51.6 Å². The fraction of sp³-hybridized carbons (Fsp3) is 0.895. The Morgan fingerprint density at radius 1 is 0.958 bits per heavy atom. The Kier molecular flexibility index (Phi) is 5.48. The van der Waals surface area contributed by atoms with Gasteiger partial charge in [-0.15, -0.1) is 0 Å². The van der Waals surface area contributed by atoms with Crippen molar-refractivity contribution in [2.75, 3.05) is 13.1 Å². The predicted molar refractivity (Wildman–Crippen MR) is 94.5 cm³/mol. The highest BCUT2D eigenvalue weighted by atomic mass is 16.2. The average molecular weight is 335 g/mol. The van der Waals surface area contributed by atoms with E-state index < -0.39 is 0 Å². The molecule has 3 aliphatic rings. The third kappa shape index (κ3) is 3.93. The number of nitrogens with zero attached hydrogens (tertiary/aromatic N) is 2. The van der Waals surface area contributed by atoms with Gasteiger partial charge in [-0.1, -0.05) is 0 Å². The van der Waals surface area contributed by atoms with E-state index in [4.69, 9.17) is 0 Å². The van der Waals surface area contributed by atoms with Crippen molar-refractivity contribution in [2.24, 2.45) is 5.92 Å². The molecule has 5 nitrogen and oxygen atoms in total. The van der Waals surface area contributed by atoms with Crippen LogP contribution in [-0.4, -0.2) is 58.9 Å². The SMILES string of the molecule is CC(C(=O)N1C(C)CCCC1C)N1CCC(C(=O)NC2CC2)CC1. The summed E-state index contributed by atoms with van der Waals surface area (Å²) >= 11 is 0. The maximum atomic E-state index is 13.0. The Morgan fingerprint density at radius 3 is 2.08 bits per heavy atom. The zero-order chi connectivity index (χ0) is 17.3. The van der Waals surface area contributed by atoms with E-state index in [1.807, 2.05) is 6.92 Å². The van der Waals surface area contributed by atoms with Gasteiger partial charge in [0.1, 0.15) is 0 Å². The van der Waals surface area contributed by atoms with E-state index in [0.29, 0.717) is 18.1 Å². The summed E-state index contributed by atoms with van der Waals surface area (Å²) in [7, 11) is 0. The van der Waals surface area contributed by atoms with E-state index in [9.17, 15) is 9.59 Å². The van der Waals surface area contributed by atoms with E-state index in [2.05, 4.69) is 29.0 Å². The van der Waals surface area contributed by atoms with Crippen LogP contribution in [0, 0.1) is 5.92 Å². The number of nitrogens with one attached hydrogen (secondary N) is 1. The summed E-state index contributed by atoms with van der Waals surface area (Å²) in [5, 5.41) is 3.12. The van der Waals surface area contributed by atoms with Gasteiger partial charge in [-0.25, -0.2) is 0 Å². The van der Waals surface area contributed by atoms with Crippen LogP contribution in [0.2, 0.25) is 0 Å². The molecule has 3 atom stereocenters. The lowest BCUT2D eigenvalue weighted by molar-refractivity contribution is -0.143. The molecule has 0 aromatic rings. The summed E-state index contributed by atoms with van der Waals surface area (Å²) in [6.07, 6.45) is 7.49. The second-order valence-electron chi connectivity index (χ2n) is 8.14. The summed E-state index contributed by atoms with van der Waals surface area (Å²) in [4.78, 5) is 29.6. The molecule has 2 heterocycles. The highest BCUT2D eigenvalue weighted by molar-refractivity contribution is 5.82. The standard InChI is InChI=1S/C19H33N3O2/c1-13-5-4-6-14(2)22(13)19(24)15(3)21-11-9-16(10-12-21)18(23)20-17-7-8-17/h13-17H,4-12H2,1-3H3,(H,20,23). The zero-order valence-electron chi connectivity index (χ0n) is 15.5. The van der Waals surface area contributed by atoms with Crippen molar-refractivity contribution < 1.29 is 9.59 Å². The second-order valence-corrected chi connectivity index (χ2v) is 8.14. The van der Waals surface area contributed by atoms with Gasteiger partial charge in [0.05, 0.1) is 6.04 Å². The summed E-state index contributed by atoms with van der Waals surface area (Å²) in [6, 6.07) is 1.08. The molecule has 3 rings (SSSR count). The van der Waals surface area contributed by atoms with Gasteiger partial charge in [0.2, 0.25) is 11.8 Å². The third-order valence-corrected chi connectivity index (χ3v) is 6.18. The molecule has 136 valence electrons. The highest BCUT2D eigenvalue weighted by Crippen LogP contribution is 2.26. The quantitative estimate of drug-likeness (QED) is 0.856. The molecular weight excluding hydrogens is 302 g/mol. The van der Waals surface area contributed by atoms with E-state index in [1.54, 1.807) is 0 Å². The van der Waals surface area contributed by atoms with Crippen LogP contribution in [0.15, 0.2) is 0 Å². The predicted octanol–water partition coefficient (Wildman–Crippen LogP) is 2.16. The number of hydrogen-bond donors (Lipinski definition) is 1. The topological polar surface area (TPSA) is 52.7 Å². The fourth-order valence-corrected chi connectivity index (χ4v) is 4.32. The molecule has 3 fully saturated rings. The lowest BCUT2D eigenvalue weighted by Gasteiger charge is -2.43. The minimum Gasteiger partial charge on any atom is -0.353 e. The molecule has 5 heteroatoms. The number of likely N-dealkylation sites (tertiary alicyclic amines) is 2. The van der Waals surface area contributed by atoms with Crippen LogP contribution in [-0.2, 0) is 9.59 Å². The second kappa shape index (κ2) is 7.42. The van der Waals surface area contributed by atoms with Crippen LogP contribution < -0.4 is 5.32 Å². The molecule has 2 amide bonds. The fourth-order valence-electron chi connectivity index (χ4n) is 4.32. The van der Waals surface area contributed by atoms with Crippen LogP contribution in [0.1, 0.15) is 65.7 Å². The monoisotopic (exact) mass is 335 g/mol. The summed E-state index contributed by atoms with van der Waals surface area (Å²) in [5.74, 6) is 0.641. The van der Waals surface area contributed by atoms with Crippen molar-refractivity contribution in [3.05, 3.63) is 0 Å². The maximum Gasteiger partial charge on any atom is 0.240 e. The molecule has 0 radical (unpaired) electrons. The summed E-state index contributed by atoms with van der Waals surface area (Å²) in [5.41, 5.74) is 0. The lowest BCUT2D eigenvalue weighted by Crippen LogP contribution is -2.56. The molecular formula is C19H33N3O2. The summed E-state index contributed by atoms with van der Waals surface area (Å²) in [6.45, 7) is 8.10. The normalized spacial score (nSPS) is 30.9. The zero-order valence-corrected chi connectivity index (χ0v) is 15.5. The third-order valence-electron chi connectivity index (χ3n) is 6.18. The van der Waals surface area contributed by atoms with Crippen LogP contribution in [0.3, 0.4) is 0 Å². The summed E-state index contributed by atoms with van der Waals surface area (Å²) < 4.78 is 0. The van der Waals surface area contributed by atoms with Crippen molar-refractivity contribution in [1.29, 1.82) is 0 Å². The first-order valence-corrected chi connectivity index (χ1v) is 9.84. The molecule has 1 saturated carbocycles. The smallest absolute Gasteiger partial charge is 0.240 e. The molecule has 0 bridgehead atoms. The molecule has 1 N–H and O–H groups in total. The minimum atomic E-state index is -0.0690. The lowest BCUT2D eigenvalue weighted by atomic mass is 9.93. The van der Waals surface area contributed by atoms with Crippen molar-refractivity contribution in [2.45, 2.75) is 89.9 Å². The largest absolute Gasteiger partial charge is 0.353 e. The van der Waals surface area contributed by atoms with Crippen molar-refractivity contribution in [1.82, 2.24) is 15.1 Å². The minimum absolute atomic E-state index is 0.0690. The van der Waals surface area contributed by atoms with Crippen molar-refractivity contribution >= 4 is 11.8 Å². The Labute approximate surface area is 146 Å². The van der Waals surface area contributed by atoms with Crippen molar-refractivity contribution in [3.63, 3.8) is 0 Å². The molecule has 24 heavy (non-hydrogen) atoms. The van der Waals surface area contributed by atoms with Crippen LogP contribution in [0.5, 0.6) is 0 Å². The highest BCUT2D eigenvalue weighted by Gasteiger charge is 2.36. The van der Waals surface area contributed by atoms with Gasteiger partial charge in [-0.05, 0) is 78.8 Å². The van der Waals surface area contributed by atoms with Gasteiger partial charge < -0.3 is 10.2 Å². The molecule has 2 saturated heterocycles. The van der Waals surface area contributed by atoms with E-state index in [1.165, 1.54) is 6.42 Å². The van der Waals surface area contributed by atoms with Gasteiger partial charge >= 0.3 is 0 Å². The molecule has 0 aromatic heterocycles. The molecule has 0 aromatic carbocycles. The van der Waals surface area contributed by atoms with E-state index >= 15 is 0 Å². The van der Waals surface area contributed by atoms with Gasteiger partial charge in [0, 0.05) is 24.0 Å².